The number of pyridine rings is 1. The van der Waals surface area contributed by atoms with E-state index >= 15 is 0 Å². The first-order valence-electron chi connectivity index (χ1n) is 15.9. The number of ether oxygens (including phenoxy) is 4. The van der Waals surface area contributed by atoms with E-state index in [0.29, 0.717) is 18.4 Å². The molecular weight excluding hydrogens is 625 g/mol. The molecule has 2 fully saturated rings. The Labute approximate surface area is 276 Å². The van der Waals surface area contributed by atoms with Gasteiger partial charge in [-0.05, 0) is 61.8 Å². The Morgan fingerprint density at radius 2 is 1.79 bits per heavy atom. The van der Waals surface area contributed by atoms with Crippen LogP contribution in [0.1, 0.15) is 75.9 Å². The fraction of sp³-hybridized carbons (Fsp3) is 0.472. The number of nitrogens with zero attached hydrogens (tertiary/aromatic N) is 1. The van der Waals surface area contributed by atoms with Crippen LogP contribution in [0.2, 0.25) is 0 Å². The molecule has 8 atom stereocenters. The van der Waals surface area contributed by atoms with Crippen molar-refractivity contribution in [1.29, 1.82) is 0 Å². The highest BCUT2D eigenvalue weighted by molar-refractivity contribution is 5.89. The summed E-state index contributed by atoms with van der Waals surface area (Å²) in [6.45, 7) is 7.94. The first-order chi connectivity index (χ1) is 22.7. The van der Waals surface area contributed by atoms with Crippen molar-refractivity contribution in [2.45, 2.75) is 77.8 Å². The van der Waals surface area contributed by atoms with Crippen LogP contribution in [0, 0.1) is 28.5 Å². The second kappa shape index (κ2) is 12.1. The lowest BCUT2D eigenvalue weighted by molar-refractivity contribution is -0.266. The summed E-state index contributed by atoms with van der Waals surface area (Å²) in [5.74, 6) is -3.97. The molecule has 3 aliphatic rings. The highest BCUT2D eigenvalue weighted by atomic mass is 19.1. The molecule has 2 aliphatic carbocycles. The number of aliphatic hydroxyl groups is 1. The molecule has 0 amide bonds. The minimum Gasteiger partial charge on any atom is -0.482 e. The van der Waals surface area contributed by atoms with Crippen LogP contribution in [0.5, 0.6) is 5.75 Å². The van der Waals surface area contributed by atoms with Crippen molar-refractivity contribution >= 4 is 17.9 Å². The van der Waals surface area contributed by atoms with Gasteiger partial charge in [0.05, 0.1) is 11.7 Å². The maximum atomic E-state index is 14.8. The van der Waals surface area contributed by atoms with Crippen molar-refractivity contribution in [3.63, 3.8) is 0 Å². The van der Waals surface area contributed by atoms with Crippen molar-refractivity contribution in [2.75, 3.05) is 6.61 Å². The molecule has 11 nitrogen and oxygen atoms in total. The van der Waals surface area contributed by atoms with E-state index in [4.69, 9.17) is 23.4 Å². The first-order valence-corrected chi connectivity index (χ1v) is 15.9. The molecule has 3 unspecified atom stereocenters. The van der Waals surface area contributed by atoms with Crippen molar-refractivity contribution in [2.24, 2.45) is 22.7 Å². The average molecular weight is 664 g/mol. The summed E-state index contributed by atoms with van der Waals surface area (Å²) in [4.78, 5) is 55.7. The molecule has 254 valence electrons. The minimum atomic E-state index is -1.45. The van der Waals surface area contributed by atoms with Crippen molar-refractivity contribution in [3.05, 3.63) is 82.2 Å². The number of rotatable bonds is 6. The molecule has 48 heavy (non-hydrogen) atoms. The molecule has 1 aromatic carbocycles. The predicted octanol–water partition coefficient (Wildman–Crippen LogP) is 5.19. The molecule has 0 spiro atoms. The maximum absolute atomic E-state index is 14.8. The van der Waals surface area contributed by atoms with Gasteiger partial charge >= 0.3 is 23.5 Å². The molecule has 2 saturated carbocycles. The normalized spacial score (nSPS) is 32.0. The Balaban J connectivity index is 1.51. The van der Waals surface area contributed by atoms with Crippen molar-refractivity contribution in [1.82, 2.24) is 4.98 Å². The number of benzene rings is 1. The quantitative estimate of drug-likeness (QED) is 0.274. The topological polar surface area (TPSA) is 151 Å². The summed E-state index contributed by atoms with van der Waals surface area (Å²) in [5.41, 5.74) is -4.00. The van der Waals surface area contributed by atoms with Gasteiger partial charge in [0, 0.05) is 49.2 Å². The summed E-state index contributed by atoms with van der Waals surface area (Å²) >= 11 is 0. The van der Waals surface area contributed by atoms with E-state index in [9.17, 15) is 28.7 Å². The van der Waals surface area contributed by atoms with E-state index in [2.05, 4.69) is 4.98 Å². The lowest BCUT2D eigenvalue weighted by Gasteiger charge is -2.66. The van der Waals surface area contributed by atoms with Gasteiger partial charge in [-0.1, -0.05) is 26.0 Å². The largest absolute Gasteiger partial charge is 0.482 e. The summed E-state index contributed by atoms with van der Waals surface area (Å²) in [5, 5.41) is 12.3. The average Bonchev–Trinajstić information content (AvgIpc) is 3.02. The lowest BCUT2D eigenvalue weighted by atomic mass is 9.42. The zero-order valence-corrected chi connectivity index (χ0v) is 27.4. The molecule has 0 saturated heterocycles. The van der Waals surface area contributed by atoms with E-state index in [1.165, 1.54) is 44.3 Å². The van der Waals surface area contributed by atoms with Crippen LogP contribution in [-0.2, 0) is 23.8 Å². The van der Waals surface area contributed by atoms with Gasteiger partial charge in [-0.2, -0.15) is 0 Å². The van der Waals surface area contributed by atoms with Gasteiger partial charge in [-0.3, -0.25) is 14.6 Å². The second-order valence-electron chi connectivity index (χ2n) is 13.7. The molecule has 3 aromatic rings. The first kappa shape index (κ1) is 33.3. The number of carbonyl (C=O) groups is 3. The molecule has 3 heterocycles. The number of carbonyl (C=O) groups excluding carboxylic acids is 3. The Kier molecular flexibility index (Phi) is 8.43. The highest BCUT2D eigenvalue weighted by Gasteiger charge is 2.71. The van der Waals surface area contributed by atoms with Gasteiger partial charge in [0.1, 0.15) is 47.3 Å². The smallest absolute Gasteiger partial charge is 0.345 e. The second-order valence-corrected chi connectivity index (χ2v) is 13.7. The van der Waals surface area contributed by atoms with Crippen LogP contribution in [0.3, 0.4) is 0 Å². The Morgan fingerprint density at radius 1 is 1.04 bits per heavy atom. The van der Waals surface area contributed by atoms with E-state index in [1.54, 1.807) is 25.3 Å². The Hall–Kier alpha value is -4.58. The third-order valence-corrected chi connectivity index (χ3v) is 10.8. The minimum absolute atomic E-state index is 0.0571. The molecule has 1 N–H and O–H groups in total. The number of aliphatic hydroxyl groups excluding tert-OH is 1. The zero-order chi connectivity index (χ0) is 34.6. The van der Waals surface area contributed by atoms with Gasteiger partial charge < -0.3 is 28.5 Å². The highest BCUT2D eigenvalue weighted by Crippen LogP contribution is 2.67. The van der Waals surface area contributed by atoms with Crippen LogP contribution < -0.4 is 10.4 Å². The molecule has 12 heteroatoms. The molecule has 0 radical (unpaired) electrons. The van der Waals surface area contributed by atoms with Gasteiger partial charge in [-0.25, -0.2) is 14.0 Å². The van der Waals surface area contributed by atoms with Gasteiger partial charge in [-0.15, -0.1) is 0 Å². The van der Waals surface area contributed by atoms with Crippen LogP contribution >= 0.6 is 0 Å². The summed E-state index contributed by atoms with van der Waals surface area (Å²) in [6.07, 6.45) is 0.703. The van der Waals surface area contributed by atoms with Crippen LogP contribution in [0.25, 0.3) is 11.3 Å². The number of hydrogen-bond donors (Lipinski definition) is 1. The number of esters is 3. The lowest BCUT2D eigenvalue weighted by Crippen LogP contribution is -2.71. The predicted molar refractivity (Wildman–Crippen MR) is 167 cm³/mol. The third-order valence-electron chi connectivity index (χ3n) is 10.8. The van der Waals surface area contributed by atoms with Crippen LogP contribution in [0.15, 0.2) is 64.1 Å². The van der Waals surface area contributed by atoms with Gasteiger partial charge in [0.25, 0.3) is 0 Å². The van der Waals surface area contributed by atoms with Crippen molar-refractivity contribution in [3.8, 4) is 17.1 Å². The SMILES string of the molecule is CC(=O)OC[C@]1(C)C2C[C@H](OC(=O)c3ccccc3F)[C@@]3(C)Oc4cc(-c5cccnc5)oc(=O)c4C(O)C3[C@@]2(C)CC[C@@H]1OC(C)=O. The van der Waals surface area contributed by atoms with E-state index in [-0.39, 0.29) is 35.7 Å². The van der Waals surface area contributed by atoms with E-state index in [1.807, 2.05) is 13.8 Å². The fourth-order valence-electron chi connectivity index (χ4n) is 8.66. The molecule has 1 aliphatic heterocycles. The molecule has 2 aromatic heterocycles. The number of halogens is 1. The van der Waals surface area contributed by atoms with Gasteiger partial charge in [0.2, 0.25) is 0 Å². The van der Waals surface area contributed by atoms with Crippen LogP contribution in [0.4, 0.5) is 4.39 Å². The summed E-state index contributed by atoms with van der Waals surface area (Å²) in [7, 11) is 0. The molecular formula is C36H38FNO10. The standard InChI is InChI=1S/C36H38FNO10/c1-19(39)44-18-35(4)26-16-28(47-32(42)22-10-6-7-11-23(22)37)36(5)31(34(26,3)13-12-27(35)45-20(2)40)30(41)29-25(48-36)15-24(46-33(29)43)21-9-8-14-38-17-21/h6-11,14-15,17,26-28,30-31,41H,12-13,16,18H2,1-5H3/t26?,27-,28-,30?,31?,34-,35+,36+/m0/s1. The fourth-order valence-corrected chi connectivity index (χ4v) is 8.66. The maximum Gasteiger partial charge on any atom is 0.345 e. The summed E-state index contributed by atoms with van der Waals surface area (Å²) < 4.78 is 44.7. The summed E-state index contributed by atoms with van der Waals surface area (Å²) in [6, 6.07) is 10.3. The van der Waals surface area contributed by atoms with Gasteiger partial charge in [0.15, 0.2) is 0 Å². The number of hydrogen-bond acceptors (Lipinski definition) is 11. The van der Waals surface area contributed by atoms with E-state index in [0.717, 1.165) is 6.07 Å². The molecule has 0 bridgehead atoms. The molecule has 6 rings (SSSR count). The number of fused-ring (bicyclic) bond motifs is 4. The van der Waals surface area contributed by atoms with E-state index < -0.39 is 75.9 Å². The zero-order valence-electron chi connectivity index (χ0n) is 27.4. The Bertz CT molecular complexity index is 1810. The monoisotopic (exact) mass is 663 g/mol. The number of aromatic nitrogens is 1. The van der Waals surface area contributed by atoms with Crippen LogP contribution in [-0.4, -0.2) is 52.4 Å². The third kappa shape index (κ3) is 5.45. The van der Waals surface area contributed by atoms with Crippen molar-refractivity contribution < 1.29 is 47.2 Å². The Morgan fingerprint density at radius 3 is 2.46 bits per heavy atom.